The van der Waals surface area contributed by atoms with Crippen molar-refractivity contribution in [2.45, 2.75) is 12.5 Å². The fourth-order valence-electron chi connectivity index (χ4n) is 1.77. The van der Waals surface area contributed by atoms with Gasteiger partial charge in [-0.3, -0.25) is 0 Å². The predicted molar refractivity (Wildman–Crippen MR) is 43.2 cm³/mol. The maximum absolute atomic E-state index is 10.5. The first-order chi connectivity index (χ1) is 5.42. The normalized spacial score (nSPS) is 34.7. The largest absolute Gasteiger partial charge is 0.304 e. The molecule has 1 fully saturated rings. The molecule has 0 aromatic heterocycles. The van der Waals surface area contributed by atoms with E-state index in [0.717, 1.165) is 19.3 Å². The Morgan fingerprint density at radius 3 is 3.36 bits per heavy atom. The molecule has 0 aromatic carbocycles. The van der Waals surface area contributed by atoms with Crippen molar-refractivity contribution >= 4 is 6.29 Å². The lowest BCUT2D eigenvalue weighted by Crippen LogP contribution is -2.23. The maximum Gasteiger partial charge on any atom is 0.141 e. The number of aldehydes is 1. The third kappa shape index (κ3) is 1.03. The molecule has 2 nitrogen and oxygen atoms in total. The number of fused-ring (bicyclic) bond motifs is 1. The van der Waals surface area contributed by atoms with Gasteiger partial charge in [-0.05, 0) is 17.9 Å². The molecule has 2 atom stereocenters. The summed E-state index contributed by atoms with van der Waals surface area (Å²) in [6.07, 6.45) is 8.33. The van der Waals surface area contributed by atoms with Gasteiger partial charge in [-0.25, -0.2) is 0 Å². The molecular weight excluding hydrogens is 138 g/mol. The van der Waals surface area contributed by atoms with Gasteiger partial charge in [0.25, 0.3) is 0 Å². The summed E-state index contributed by atoms with van der Waals surface area (Å²) in [5, 5.41) is 3.17. The molecule has 0 aromatic rings. The Balaban J connectivity index is 2.25. The molecule has 2 unspecified atom stereocenters. The van der Waals surface area contributed by atoms with Crippen molar-refractivity contribution in [1.82, 2.24) is 5.32 Å². The monoisotopic (exact) mass is 149 g/mol. The summed E-state index contributed by atoms with van der Waals surface area (Å²) in [6, 6.07) is -0.00931. The average Bonchev–Trinajstić information content (AvgIpc) is 2.47. The van der Waals surface area contributed by atoms with Gasteiger partial charge < -0.3 is 10.1 Å². The van der Waals surface area contributed by atoms with E-state index in [2.05, 4.69) is 17.5 Å². The quantitative estimate of drug-likeness (QED) is 0.555. The van der Waals surface area contributed by atoms with Crippen LogP contribution in [0.15, 0.2) is 23.8 Å². The summed E-state index contributed by atoms with van der Waals surface area (Å²) in [4.78, 5) is 10.5. The zero-order chi connectivity index (χ0) is 7.68. The molecule has 0 radical (unpaired) electrons. The van der Waals surface area contributed by atoms with Crippen LogP contribution in [0.25, 0.3) is 0 Å². The minimum absolute atomic E-state index is 0.00931. The second-order valence-corrected chi connectivity index (χ2v) is 3.05. The van der Waals surface area contributed by atoms with Gasteiger partial charge in [0.15, 0.2) is 0 Å². The van der Waals surface area contributed by atoms with Crippen molar-refractivity contribution in [2.75, 3.05) is 6.54 Å². The van der Waals surface area contributed by atoms with Crippen molar-refractivity contribution < 1.29 is 4.79 Å². The maximum atomic E-state index is 10.5. The SMILES string of the molecule is O=CC1NCC2CC=CC=C21. The van der Waals surface area contributed by atoms with Gasteiger partial charge in [-0.2, -0.15) is 0 Å². The van der Waals surface area contributed by atoms with Gasteiger partial charge in [0.05, 0.1) is 6.04 Å². The van der Waals surface area contributed by atoms with Crippen LogP contribution in [-0.2, 0) is 4.79 Å². The molecule has 0 amide bonds. The van der Waals surface area contributed by atoms with Gasteiger partial charge in [0.2, 0.25) is 0 Å². The third-order valence-corrected chi connectivity index (χ3v) is 2.40. The molecule has 2 heteroatoms. The van der Waals surface area contributed by atoms with Crippen LogP contribution in [-0.4, -0.2) is 18.9 Å². The first kappa shape index (κ1) is 6.80. The van der Waals surface area contributed by atoms with Crippen molar-refractivity contribution in [3.05, 3.63) is 23.8 Å². The Morgan fingerprint density at radius 1 is 1.64 bits per heavy atom. The summed E-state index contributed by atoms with van der Waals surface area (Å²) in [6.45, 7) is 0.958. The zero-order valence-corrected chi connectivity index (χ0v) is 6.29. The van der Waals surface area contributed by atoms with E-state index in [4.69, 9.17) is 0 Å². The molecule has 1 saturated heterocycles. The first-order valence-electron chi connectivity index (χ1n) is 3.97. The van der Waals surface area contributed by atoms with Crippen LogP contribution in [0.5, 0.6) is 0 Å². The van der Waals surface area contributed by atoms with E-state index >= 15 is 0 Å². The molecule has 1 heterocycles. The summed E-state index contributed by atoms with van der Waals surface area (Å²) in [7, 11) is 0. The Hall–Kier alpha value is -0.890. The van der Waals surface area contributed by atoms with E-state index in [0.29, 0.717) is 5.92 Å². The Kier molecular flexibility index (Phi) is 1.62. The van der Waals surface area contributed by atoms with Crippen molar-refractivity contribution in [3.8, 4) is 0 Å². The van der Waals surface area contributed by atoms with E-state index in [9.17, 15) is 4.79 Å². The van der Waals surface area contributed by atoms with E-state index < -0.39 is 0 Å². The Labute approximate surface area is 66.0 Å². The second-order valence-electron chi connectivity index (χ2n) is 3.05. The van der Waals surface area contributed by atoms with Crippen LogP contribution in [0.3, 0.4) is 0 Å². The molecule has 1 aliphatic heterocycles. The highest BCUT2D eigenvalue weighted by molar-refractivity contribution is 5.65. The van der Waals surface area contributed by atoms with Crippen LogP contribution in [0.4, 0.5) is 0 Å². The lowest BCUT2D eigenvalue weighted by Gasteiger charge is -2.12. The van der Waals surface area contributed by atoms with Gasteiger partial charge in [-0.15, -0.1) is 0 Å². The number of allylic oxidation sites excluding steroid dienone is 3. The van der Waals surface area contributed by atoms with Crippen LogP contribution in [0.2, 0.25) is 0 Å². The molecule has 0 bridgehead atoms. The lowest BCUT2D eigenvalue weighted by atomic mass is 9.91. The van der Waals surface area contributed by atoms with Gasteiger partial charge in [0, 0.05) is 6.54 Å². The summed E-state index contributed by atoms with van der Waals surface area (Å²) in [5.74, 6) is 0.579. The van der Waals surface area contributed by atoms with Crippen molar-refractivity contribution in [1.29, 1.82) is 0 Å². The predicted octanol–water partition coefficient (Wildman–Crippen LogP) is 0.660. The van der Waals surface area contributed by atoms with Crippen LogP contribution in [0, 0.1) is 5.92 Å². The zero-order valence-electron chi connectivity index (χ0n) is 6.29. The van der Waals surface area contributed by atoms with Crippen molar-refractivity contribution in [3.63, 3.8) is 0 Å². The van der Waals surface area contributed by atoms with E-state index in [1.807, 2.05) is 6.08 Å². The van der Waals surface area contributed by atoms with E-state index in [1.54, 1.807) is 0 Å². The minimum Gasteiger partial charge on any atom is -0.304 e. The number of nitrogens with one attached hydrogen (secondary N) is 1. The lowest BCUT2D eigenvalue weighted by molar-refractivity contribution is -0.108. The van der Waals surface area contributed by atoms with Gasteiger partial charge in [0.1, 0.15) is 6.29 Å². The van der Waals surface area contributed by atoms with Crippen LogP contribution >= 0.6 is 0 Å². The highest BCUT2D eigenvalue weighted by atomic mass is 16.1. The topological polar surface area (TPSA) is 29.1 Å². The molecule has 0 spiro atoms. The molecule has 1 aliphatic carbocycles. The number of rotatable bonds is 1. The minimum atomic E-state index is -0.00931. The van der Waals surface area contributed by atoms with Gasteiger partial charge in [-0.1, -0.05) is 18.2 Å². The molecule has 0 saturated carbocycles. The van der Waals surface area contributed by atoms with Crippen LogP contribution < -0.4 is 5.32 Å². The Bertz CT molecular complexity index is 230. The summed E-state index contributed by atoms with van der Waals surface area (Å²) >= 11 is 0. The number of carbonyl (C=O) groups is 1. The highest BCUT2D eigenvalue weighted by Crippen LogP contribution is 2.26. The average molecular weight is 149 g/mol. The number of hydrogen-bond acceptors (Lipinski definition) is 2. The van der Waals surface area contributed by atoms with Crippen LogP contribution in [0.1, 0.15) is 6.42 Å². The first-order valence-corrected chi connectivity index (χ1v) is 3.97. The molecule has 1 N–H and O–H groups in total. The molecule has 58 valence electrons. The summed E-state index contributed by atoms with van der Waals surface area (Å²) < 4.78 is 0. The molecule has 2 aliphatic rings. The smallest absolute Gasteiger partial charge is 0.141 e. The fraction of sp³-hybridized carbons (Fsp3) is 0.444. The number of carbonyl (C=O) groups excluding carboxylic acids is 1. The fourth-order valence-corrected chi connectivity index (χ4v) is 1.77. The summed E-state index contributed by atoms with van der Waals surface area (Å²) in [5.41, 5.74) is 1.27. The molecular formula is C9H11NO. The van der Waals surface area contributed by atoms with Crippen molar-refractivity contribution in [2.24, 2.45) is 5.92 Å². The third-order valence-electron chi connectivity index (χ3n) is 2.40. The molecule has 11 heavy (non-hydrogen) atoms. The molecule has 2 rings (SSSR count). The van der Waals surface area contributed by atoms with E-state index in [1.165, 1.54) is 5.57 Å². The van der Waals surface area contributed by atoms with E-state index in [-0.39, 0.29) is 6.04 Å². The second kappa shape index (κ2) is 2.62. The standard InChI is InChI=1S/C9H11NO/c11-6-9-8-4-2-1-3-7(8)5-10-9/h1-2,4,6-7,9-10H,3,5H2. The Morgan fingerprint density at radius 2 is 2.55 bits per heavy atom. The number of hydrogen-bond donors (Lipinski definition) is 1. The van der Waals surface area contributed by atoms with Gasteiger partial charge >= 0.3 is 0 Å². The highest BCUT2D eigenvalue weighted by Gasteiger charge is 2.28.